The van der Waals surface area contributed by atoms with Gasteiger partial charge in [0, 0.05) is 52.0 Å². The number of hydrogen-bond donors (Lipinski definition) is 2. The molecule has 3 aliphatic heterocycles. The number of carbonyl (C=O) groups excluding carboxylic acids is 4. The minimum Gasteiger partial charge on any atom is -0.456 e. The molecule has 14 unspecified atom stereocenters. The summed E-state index contributed by atoms with van der Waals surface area (Å²) in [6.07, 6.45) is 4.89. The molecule has 1 saturated carbocycles. The number of aliphatic hydroxyl groups excluding tert-OH is 1. The molecular formula is C47H73NO12. The molecule has 0 aromatic carbocycles. The van der Waals surface area contributed by atoms with Crippen molar-refractivity contribution in [1.82, 2.24) is 4.90 Å². The average molecular weight is 844 g/mol. The van der Waals surface area contributed by atoms with Crippen LogP contribution in [0.2, 0.25) is 0 Å². The highest BCUT2D eigenvalue weighted by molar-refractivity contribution is 6.39. The van der Waals surface area contributed by atoms with E-state index < -0.39 is 77.8 Å². The first-order valence-electron chi connectivity index (χ1n) is 22.1. The molecule has 4 aliphatic rings. The number of nitrogens with zero attached hydrogens (tertiary/aromatic N) is 1. The van der Waals surface area contributed by atoms with E-state index in [1.165, 1.54) is 19.1 Å². The van der Waals surface area contributed by atoms with Crippen molar-refractivity contribution in [3.05, 3.63) is 23.3 Å². The Morgan fingerprint density at radius 1 is 0.950 bits per heavy atom. The fourth-order valence-electron chi connectivity index (χ4n) is 9.79. The maximum Gasteiger partial charge on any atom is 0.329 e. The molecule has 2 saturated heterocycles. The number of amides is 1. The Morgan fingerprint density at radius 3 is 2.28 bits per heavy atom. The second-order valence-electron chi connectivity index (χ2n) is 17.9. The number of carbonyl (C=O) groups is 4. The zero-order valence-corrected chi connectivity index (χ0v) is 37.8. The zero-order valence-electron chi connectivity index (χ0n) is 37.8. The summed E-state index contributed by atoms with van der Waals surface area (Å²) in [5, 5.41) is 23.8. The average Bonchev–Trinajstić information content (AvgIpc) is 3.23. The van der Waals surface area contributed by atoms with Crippen LogP contribution in [0.1, 0.15) is 119 Å². The molecule has 14 atom stereocenters. The Bertz CT molecular complexity index is 1600. The lowest BCUT2D eigenvalue weighted by molar-refractivity contribution is -0.302. The highest BCUT2D eigenvalue weighted by Crippen LogP contribution is 2.39. The molecule has 2 bridgehead atoms. The molecule has 3 heterocycles. The van der Waals surface area contributed by atoms with Crippen LogP contribution in [-0.2, 0) is 47.6 Å². The van der Waals surface area contributed by atoms with Crippen molar-refractivity contribution in [3.8, 4) is 11.8 Å². The molecule has 338 valence electrons. The SMILES string of the molecule is CC#CCOC1CCC(C=C(C)C2OC(=O)C3CCCCN3C(=O)C(=O)C3(O)OC(C(OC)CC(C)CC(C)=CC(CC)C(=O)CC(O)C2C)C(OC)CC3C)CC1OC. The molecule has 0 aromatic rings. The molecule has 4 rings (SSSR count). The van der Waals surface area contributed by atoms with Crippen LogP contribution in [-0.4, -0.2) is 128 Å². The third-order valence-corrected chi connectivity index (χ3v) is 13.4. The monoisotopic (exact) mass is 844 g/mol. The van der Waals surface area contributed by atoms with Gasteiger partial charge in [0.15, 0.2) is 0 Å². The number of fused-ring (bicyclic) bond motifs is 3. The molecule has 0 radical (unpaired) electrons. The van der Waals surface area contributed by atoms with Crippen molar-refractivity contribution in [3.63, 3.8) is 0 Å². The van der Waals surface area contributed by atoms with Gasteiger partial charge in [0.1, 0.15) is 30.6 Å². The fraction of sp³-hybridized carbons (Fsp3) is 0.787. The van der Waals surface area contributed by atoms with Crippen molar-refractivity contribution in [2.24, 2.45) is 29.6 Å². The van der Waals surface area contributed by atoms with Gasteiger partial charge in [0.25, 0.3) is 11.7 Å². The summed E-state index contributed by atoms with van der Waals surface area (Å²) in [6.45, 7) is 13.4. The maximum atomic E-state index is 14.4. The maximum absolute atomic E-state index is 14.4. The van der Waals surface area contributed by atoms with Crippen LogP contribution in [0.4, 0.5) is 0 Å². The topological polar surface area (TPSA) is 167 Å². The molecular weight excluding hydrogens is 771 g/mol. The largest absolute Gasteiger partial charge is 0.456 e. The normalized spacial score (nSPS) is 38.5. The number of allylic oxidation sites excluding steroid dienone is 3. The van der Waals surface area contributed by atoms with Crippen molar-refractivity contribution < 1.29 is 57.8 Å². The molecule has 13 nitrogen and oxygen atoms in total. The van der Waals surface area contributed by atoms with E-state index in [9.17, 15) is 29.4 Å². The third kappa shape index (κ3) is 12.1. The van der Waals surface area contributed by atoms with Crippen molar-refractivity contribution in [1.29, 1.82) is 0 Å². The number of hydrogen-bond acceptors (Lipinski definition) is 12. The molecule has 60 heavy (non-hydrogen) atoms. The summed E-state index contributed by atoms with van der Waals surface area (Å²) in [7, 11) is 4.73. The lowest BCUT2D eigenvalue weighted by atomic mass is 9.81. The van der Waals surface area contributed by atoms with Crippen LogP contribution in [0.3, 0.4) is 0 Å². The van der Waals surface area contributed by atoms with Crippen LogP contribution in [0.25, 0.3) is 0 Å². The van der Waals surface area contributed by atoms with E-state index >= 15 is 0 Å². The highest BCUT2D eigenvalue weighted by atomic mass is 16.7. The second-order valence-corrected chi connectivity index (χ2v) is 17.9. The summed E-state index contributed by atoms with van der Waals surface area (Å²) < 4.78 is 36.2. The Hall–Kier alpha value is -2.96. The van der Waals surface area contributed by atoms with Crippen molar-refractivity contribution in [2.45, 2.75) is 174 Å². The van der Waals surface area contributed by atoms with Crippen LogP contribution >= 0.6 is 0 Å². The van der Waals surface area contributed by atoms with E-state index in [1.54, 1.807) is 27.9 Å². The Balaban J connectivity index is 1.74. The standard InChI is InChI=1S/C47H73NO12/c1-11-13-20-58-38-18-17-33(26-39(38)55-8)24-30(5)42-32(7)36(49)27-37(50)34(12-2)22-28(3)21-29(4)23-40(56-9)43-41(57-10)25-31(6)47(54,60-43)44(51)45(52)48-19-15-14-16-35(48)46(53)59-42/h22,24,29,31-36,38-43,49,54H,12,14-21,23,25-27H2,1-10H3. The van der Waals surface area contributed by atoms with Gasteiger partial charge >= 0.3 is 5.97 Å². The molecule has 0 aromatic heterocycles. The van der Waals surface area contributed by atoms with Crippen molar-refractivity contribution in [2.75, 3.05) is 34.5 Å². The minimum atomic E-state index is -2.50. The van der Waals surface area contributed by atoms with Crippen LogP contribution in [0.15, 0.2) is 23.3 Å². The summed E-state index contributed by atoms with van der Waals surface area (Å²) in [5.41, 5.74) is 1.70. The van der Waals surface area contributed by atoms with E-state index in [0.29, 0.717) is 50.7 Å². The Kier molecular flexibility index (Phi) is 19.0. The fourth-order valence-corrected chi connectivity index (χ4v) is 9.79. The van der Waals surface area contributed by atoms with E-state index in [-0.39, 0.29) is 55.6 Å². The minimum absolute atomic E-state index is 0.0364. The van der Waals surface area contributed by atoms with E-state index in [0.717, 1.165) is 18.4 Å². The highest BCUT2D eigenvalue weighted by Gasteiger charge is 2.56. The predicted octanol–water partition coefficient (Wildman–Crippen LogP) is 5.52. The third-order valence-electron chi connectivity index (χ3n) is 13.4. The van der Waals surface area contributed by atoms with Gasteiger partial charge in [-0.1, -0.05) is 51.3 Å². The number of rotatable bonds is 8. The number of cyclic esters (lactones) is 1. The van der Waals surface area contributed by atoms with Gasteiger partial charge in [-0.2, -0.15) is 0 Å². The lowest BCUT2D eigenvalue weighted by Gasteiger charge is -2.47. The number of methoxy groups -OCH3 is 3. The first-order chi connectivity index (χ1) is 28.5. The van der Waals surface area contributed by atoms with Gasteiger partial charge in [0.2, 0.25) is 5.79 Å². The zero-order chi connectivity index (χ0) is 44.3. The summed E-state index contributed by atoms with van der Waals surface area (Å²) in [5.74, 6) is -1.61. The molecule has 0 spiro atoms. The van der Waals surface area contributed by atoms with Gasteiger partial charge in [0.05, 0.1) is 30.5 Å². The van der Waals surface area contributed by atoms with Gasteiger partial charge < -0.3 is 43.5 Å². The van der Waals surface area contributed by atoms with Crippen molar-refractivity contribution >= 4 is 23.4 Å². The van der Waals surface area contributed by atoms with Gasteiger partial charge in [-0.25, -0.2) is 4.79 Å². The molecule has 2 N–H and O–H groups in total. The lowest BCUT2D eigenvalue weighted by Crippen LogP contribution is -2.64. The van der Waals surface area contributed by atoms with Crippen LogP contribution < -0.4 is 0 Å². The van der Waals surface area contributed by atoms with E-state index in [4.69, 9.17) is 28.4 Å². The Morgan fingerprint density at radius 2 is 1.63 bits per heavy atom. The number of ketones is 2. The van der Waals surface area contributed by atoms with E-state index in [2.05, 4.69) is 24.8 Å². The quantitative estimate of drug-likeness (QED) is 0.136. The number of aliphatic hydroxyl groups is 2. The van der Waals surface area contributed by atoms with Crippen LogP contribution in [0, 0.1) is 41.4 Å². The smallest absolute Gasteiger partial charge is 0.329 e. The first kappa shape index (κ1) is 49.7. The number of ether oxygens (including phenoxy) is 6. The summed E-state index contributed by atoms with van der Waals surface area (Å²) in [6, 6.07) is -1.13. The van der Waals surface area contributed by atoms with Gasteiger partial charge in [-0.3, -0.25) is 14.4 Å². The molecule has 1 amide bonds. The van der Waals surface area contributed by atoms with Crippen LogP contribution in [0.5, 0.6) is 0 Å². The Labute approximate surface area is 358 Å². The number of piperidine rings is 1. The number of Topliss-reactive ketones (excluding diaryl/α,β-unsaturated/α-hetero) is 2. The van der Waals surface area contributed by atoms with E-state index in [1.807, 2.05) is 26.8 Å². The summed E-state index contributed by atoms with van der Waals surface area (Å²) in [4.78, 5) is 58.1. The number of esters is 1. The molecule has 3 fully saturated rings. The second kappa shape index (κ2) is 22.9. The van der Waals surface area contributed by atoms with Gasteiger partial charge in [-0.15, -0.1) is 5.92 Å². The first-order valence-corrected chi connectivity index (χ1v) is 22.1. The summed E-state index contributed by atoms with van der Waals surface area (Å²) >= 11 is 0. The molecule has 13 heteroatoms. The predicted molar refractivity (Wildman–Crippen MR) is 225 cm³/mol. The molecule has 1 aliphatic carbocycles. The van der Waals surface area contributed by atoms with Gasteiger partial charge in [-0.05, 0) is 102 Å².